The van der Waals surface area contributed by atoms with Gasteiger partial charge in [0.1, 0.15) is 0 Å². The number of hydrogen-bond acceptors (Lipinski definition) is 3. The van der Waals surface area contributed by atoms with Gasteiger partial charge in [-0.1, -0.05) is 19.4 Å². The highest BCUT2D eigenvalue weighted by atomic mass is 19.4. The fourth-order valence-corrected chi connectivity index (χ4v) is 7.62. The first-order valence-electron chi connectivity index (χ1n) is 10.3. The van der Waals surface area contributed by atoms with Crippen LogP contribution in [-0.4, -0.2) is 33.9 Å². The van der Waals surface area contributed by atoms with Gasteiger partial charge in [0, 0.05) is 24.7 Å². The summed E-state index contributed by atoms with van der Waals surface area (Å²) in [6, 6.07) is 0. The van der Waals surface area contributed by atoms with Crippen LogP contribution >= 0.6 is 0 Å². The van der Waals surface area contributed by atoms with Crippen LogP contribution in [0.3, 0.4) is 0 Å². The molecule has 0 aromatic rings. The SMILES string of the molecule is C[C@]12CCC(=O)C=C1CC[C@@H]1[C@H]2C(O)(O)C[C@]2(C)C(C(F)(F)C(F)(F)F)CC[C@@H]12. The molecule has 0 heterocycles. The zero-order valence-electron chi connectivity index (χ0n) is 16.5. The summed E-state index contributed by atoms with van der Waals surface area (Å²) in [4.78, 5) is 11.9. The normalized spacial score (nSPS) is 44.6. The molecule has 0 bridgehead atoms. The quantitative estimate of drug-likeness (QED) is 0.479. The minimum Gasteiger partial charge on any atom is -0.365 e. The zero-order chi connectivity index (χ0) is 21.6. The van der Waals surface area contributed by atoms with Gasteiger partial charge in [-0.05, 0) is 60.8 Å². The number of aliphatic hydroxyl groups is 2. The van der Waals surface area contributed by atoms with E-state index in [2.05, 4.69) is 0 Å². The van der Waals surface area contributed by atoms with E-state index in [0.717, 1.165) is 5.57 Å². The number of hydrogen-bond donors (Lipinski definition) is 2. The van der Waals surface area contributed by atoms with Gasteiger partial charge in [0.05, 0.1) is 0 Å². The molecule has 164 valence electrons. The van der Waals surface area contributed by atoms with Crippen molar-refractivity contribution in [1.82, 2.24) is 0 Å². The zero-order valence-corrected chi connectivity index (χ0v) is 16.5. The molecule has 0 aromatic carbocycles. The Hall–Kier alpha value is -1.02. The molecule has 0 aliphatic heterocycles. The molecule has 1 unspecified atom stereocenters. The lowest BCUT2D eigenvalue weighted by Gasteiger charge is -2.62. The number of fused-ring (bicyclic) bond motifs is 5. The van der Waals surface area contributed by atoms with Gasteiger partial charge in [-0.2, -0.15) is 22.0 Å². The summed E-state index contributed by atoms with van der Waals surface area (Å²) in [5, 5.41) is 22.1. The van der Waals surface area contributed by atoms with Gasteiger partial charge >= 0.3 is 12.1 Å². The van der Waals surface area contributed by atoms with Crippen molar-refractivity contribution >= 4 is 5.78 Å². The van der Waals surface area contributed by atoms with Gasteiger partial charge < -0.3 is 10.2 Å². The smallest absolute Gasteiger partial charge is 0.365 e. The number of allylic oxidation sites excluding steroid dienone is 1. The van der Waals surface area contributed by atoms with Crippen LogP contribution in [0.25, 0.3) is 0 Å². The van der Waals surface area contributed by atoms with Crippen LogP contribution in [-0.2, 0) is 4.79 Å². The number of halogens is 5. The van der Waals surface area contributed by atoms with E-state index < -0.39 is 52.9 Å². The Balaban J connectivity index is 1.76. The van der Waals surface area contributed by atoms with Crippen molar-refractivity contribution in [3.8, 4) is 0 Å². The van der Waals surface area contributed by atoms with Crippen LogP contribution in [0.1, 0.15) is 58.8 Å². The predicted octanol–water partition coefficient (Wildman–Crippen LogP) is 4.62. The topological polar surface area (TPSA) is 57.5 Å². The van der Waals surface area contributed by atoms with Gasteiger partial charge in [0.15, 0.2) is 11.6 Å². The van der Waals surface area contributed by atoms with Crippen LogP contribution in [0, 0.1) is 34.5 Å². The van der Waals surface area contributed by atoms with Gasteiger partial charge in [0.2, 0.25) is 0 Å². The maximum Gasteiger partial charge on any atom is 0.453 e. The van der Waals surface area contributed by atoms with E-state index in [1.165, 1.54) is 6.92 Å². The molecule has 0 spiro atoms. The van der Waals surface area contributed by atoms with Crippen molar-refractivity contribution in [2.75, 3.05) is 0 Å². The van der Waals surface area contributed by atoms with E-state index in [1.54, 1.807) is 6.08 Å². The van der Waals surface area contributed by atoms with E-state index >= 15 is 0 Å². The molecule has 3 saturated carbocycles. The predicted molar refractivity (Wildman–Crippen MR) is 93.8 cm³/mol. The van der Waals surface area contributed by atoms with Gasteiger partial charge in [-0.15, -0.1) is 0 Å². The highest BCUT2D eigenvalue weighted by Crippen LogP contribution is 2.71. The van der Waals surface area contributed by atoms with Crippen LogP contribution in [0.15, 0.2) is 11.6 Å². The summed E-state index contributed by atoms with van der Waals surface area (Å²) in [6.45, 7) is 3.26. The first kappa shape index (κ1) is 21.2. The number of alkyl halides is 5. The van der Waals surface area contributed by atoms with E-state index in [4.69, 9.17) is 0 Å². The van der Waals surface area contributed by atoms with Gasteiger partial charge in [0.25, 0.3) is 0 Å². The van der Waals surface area contributed by atoms with E-state index in [-0.39, 0.29) is 31.0 Å². The number of carbonyl (C=O) groups excluding carboxylic acids is 1. The standard InChI is InChI=1S/C21H27F5O3/c1-17-8-7-12(27)9-11(17)3-4-13-14-5-6-15(20(22,23)21(24,25)26)18(14,2)10-19(28,29)16(13)17/h9,13-16,28-29H,3-8,10H2,1-2H3/t13-,14-,15?,16+,17-,18-/m0/s1. The third-order valence-corrected chi connectivity index (χ3v) is 8.70. The number of rotatable bonds is 1. The first-order chi connectivity index (χ1) is 13.1. The number of carbonyl (C=O) groups is 1. The molecule has 6 atom stereocenters. The molecular formula is C21H27F5O3. The lowest BCUT2D eigenvalue weighted by atomic mass is 9.44. The van der Waals surface area contributed by atoms with Crippen LogP contribution < -0.4 is 0 Å². The van der Waals surface area contributed by atoms with Crippen LogP contribution in [0.5, 0.6) is 0 Å². The summed E-state index contributed by atoms with van der Waals surface area (Å²) in [6.07, 6.45) is -2.97. The highest BCUT2D eigenvalue weighted by molar-refractivity contribution is 5.91. The molecule has 0 aromatic heterocycles. The fraction of sp³-hybridized carbons (Fsp3) is 0.857. The minimum absolute atomic E-state index is 0.0104. The Morgan fingerprint density at radius 1 is 1.03 bits per heavy atom. The molecule has 29 heavy (non-hydrogen) atoms. The van der Waals surface area contributed by atoms with Crippen molar-refractivity contribution in [1.29, 1.82) is 0 Å². The molecule has 4 aliphatic carbocycles. The van der Waals surface area contributed by atoms with Crippen LogP contribution in [0.2, 0.25) is 0 Å². The second-order valence-corrected chi connectivity index (χ2v) is 10.2. The molecule has 0 saturated heterocycles. The summed E-state index contributed by atoms with van der Waals surface area (Å²) < 4.78 is 68.2. The van der Waals surface area contributed by atoms with Crippen molar-refractivity contribution < 1.29 is 37.0 Å². The molecule has 2 N–H and O–H groups in total. The average Bonchev–Trinajstić information content (AvgIpc) is 2.90. The Kier molecular flexibility index (Phi) is 4.41. The second-order valence-electron chi connectivity index (χ2n) is 10.2. The van der Waals surface area contributed by atoms with E-state index in [9.17, 15) is 37.0 Å². The molecule has 3 fully saturated rings. The van der Waals surface area contributed by atoms with Crippen molar-refractivity contribution in [3.05, 3.63) is 11.6 Å². The van der Waals surface area contributed by atoms with E-state index in [1.807, 2.05) is 6.92 Å². The lowest BCUT2D eigenvalue weighted by Crippen LogP contribution is -2.64. The molecule has 0 radical (unpaired) electrons. The van der Waals surface area contributed by atoms with Crippen LogP contribution in [0.4, 0.5) is 22.0 Å². The lowest BCUT2D eigenvalue weighted by molar-refractivity contribution is -0.337. The Bertz CT molecular complexity index is 758. The summed E-state index contributed by atoms with van der Waals surface area (Å²) >= 11 is 0. The monoisotopic (exact) mass is 422 g/mol. The van der Waals surface area contributed by atoms with Crippen molar-refractivity contribution in [3.63, 3.8) is 0 Å². The number of ketones is 1. The maximum absolute atomic E-state index is 14.4. The van der Waals surface area contributed by atoms with Gasteiger partial charge in [-0.25, -0.2) is 0 Å². The van der Waals surface area contributed by atoms with Gasteiger partial charge in [-0.3, -0.25) is 4.79 Å². The van der Waals surface area contributed by atoms with Crippen molar-refractivity contribution in [2.45, 2.75) is 76.7 Å². The molecule has 0 amide bonds. The third kappa shape index (κ3) is 2.77. The third-order valence-electron chi connectivity index (χ3n) is 8.70. The first-order valence-corrected chi connectivity index (χ1v) is 10.3. The molecular weight excluding hydrogens is 395 g/mol. The summed E-state index contributed by atoms with van der Waals surface area (Å²) in [5.41, 5.74) is -1.33. The Labute approximate surface area is 166 Å². The highest BCUT2D eigenvalue weighted by Gasteiger charge is 2.74. The second kappa shape index (κ2) is 6.02. The molecule has 8 heteroatoms. The average molecular weight is 422 g/mol. The molecule has 4 aliphatic rings. The summed E-state index contributed by atoms with van der Waals surface area (Å²) in [7, 11) is 0. The Morgan fingerprint density at radius 2 is 1.69 bits per heavy atom. The van der Waals surface area contributed by atoms with Crippen molar-refractivity contribution in [2.24, 2.45) is 34.5 Å². The Morgan fingerprint density at radius 3 is 2.31 bits per heavy atom. The minimum atomic E-state index is -5.67. The largest absolute Gasteiger partial charge is 0.453 e. The summed E-state index contributed by atoms with van der Waals surface area (Å²) in [5.74, 6) is -10.7. The van der Waals surface area contributed by atoms with E-state index in [0.29, 0.717) is 19.3 Å². The maximum atomic E-state index is 14.4. The fourth-order valence-electron chi connectivity index (χ4n) is 7.62. The molecule has 4 rings (SSSR count). The molecule has 3 nitrogen and oxygen atoms in total.